The molecule has 0 atom stereocenters. The topological polar surface area (TPSA) is 60.7 Å². The van der Waals surface area contributed by atoms with Crippen molar-refractivity contribution in [1.82, 2.24) is 0 Å². The van der Waals surface area contributed by atoms with Gasteiger partial charge < -0.3 is 15.3 Å². The summed E-state index contributed by atoms with van der Waals surface area (Å²) in [7, 11) is 0. The van der Waals surface area contributed by atoms with Crippen LogP contribution in [0.5, 0.6) is 0 Å². The summed E-state index contributed by atoms with van der Waals surface area (Å²) in [4.78, 5) is 0. The first-order chi connectivity index (χ1) is 4.46. The molecule has 3 N–H and O–H groups in total. The van der Waals surface area contributed by atoms with Gasteiger partial charge in [0.25, 0.3) is 0 Å². The molecule has 0 aromatic rings. The maximum absolute atomic E-state index is 8.87. The van der Waals surface area contributed by atoms with Crippen LogP contribution >= 0.6 is 0 Å². The fourth-order valence-electron chi connectivity index (χ4n) is 0.339. The normalized spacial score (nSPS) is 12.1. The average molecular weight is 142 g/mol. The van der Waals surface area contributed by atoms with Gasteiger partial charge in [-0.05, 0) is 12.5 Å². The molecule has 0 rings (SSSR count). The number of allylic oxidation sites excluding steroid dienone is 1. The highest BCUT2D eigenvalue weighted by molar-refractivity contribution is 5.29. The summed E-state index contributed by atoms with van der Waals surface area (Å²) in [5.74, 6) is -1.64. The minimum atomic E-state index is -0.632. The van der Waals surface area contributed by atoms with Gasteiger partial charge in [0, 0.05) is 0 Å². The first-order valence-corrected chi connectivity index (χ1v) is 2.63. The van der Waals surface area contributed by atoms with Crippen molar-refractivity contribution in [2.24, 2.45) is 0 Å². The van der Waals surface area contributed by atoms with Crippen LogP contribution in [0.25, 0.3) is 0 Å². The molecule has 0 bridgehead atoms. The van der Waals surface area contributed by atoms with Crippen LogP contribution in [0.15, 0.2) is 36.0 Å². The Labute approximate surface area is 59.2 Å². The lowest BCUT2D eigenvalue weighted by molar-refractivity contribution is 0.290. The van der Waals surface area contributed by atoms with Gasteiger partial charge in [0.2, 0.25) is 0 Å². The minimum Gasteiger partial charge on any atom is -0.505 e. The summed E-state index contributed by atoms with van der Waals surface area (Å²) < 4.78 is 0. The van der Waals surface area contributed by atoms with Crippen molar-refractivity contribution in [2.45, 2.75) is 6.92 Å². The van der Waals surface area contributed by atoms with Crippen LogP contribution in [0.3, 0.4) is 0 Å². The van der Waals surface area contributed by atoms with E-state index in [0.717, 1.165) is 0 Å². The van der Waals surface area contributed by atoms with E-state index in [0.29, 0.717) is 0 Å². The van der Waals surface area contributed by atoms with Crippen LogP contribution in [0.1, 0.15) is 6.92 Å². The van der Waals surface area contributed by atoms with E-state index in [4.69, 9.17) is 15.3 Å². The smallest absolute Gasteiger partial charge is 0.199 e. The van der Waals surface area contributed by atoms with Gasteiger partial charge in [0.05, 0.1) is 0 Å². The lowest BCUT2D eigenvalue weighted by Crippen LogP contribution is -1.93. The lowest BCUT2D eigenvalue weighted by Gasteiger charge is -2.00. The first-order valence-electron chi connectivity index (χ1n) is 2.63. The van der Waals surface area contributed by atoms with Gasteiger partial charge in [0.1, 0.15) is 0 Å². The number of hydrogen-bond donors (Lipinski definition) is 3. The predicted molar refractivity (Wildman–Crippen MR) is 38.9 cm³/mol. The summed E-state index contributed by atoms with van der Waals surface area (Å²) in [6.07, 6.45) is 0. The summed E-state index contributed by atoms with van der Waals surface area (Å²) >= 11 is 0. The third-order valence-electron chi connectivity index (χ3n) is 0.902. The zero-order chi connectivity index (χ0) is 8.31. The van der Waals surface area contributed by atoms with Crippen molar-refractivity contribution in [1.29, 1.82) is 0 Å². The second kappa shape index (κ2) is 2.96. The van der Waals surface area contributed by atoms with Gasteiger partial charge in [-0.3, -0.25) is 0 Å². The molecule has 0 unspecified atom stereocenters. The van der Waals surface area contributed by atoms with Crippen molar-refractivity contribution in [3.63, 3.8) is 0 Å². The maximum atomic E-state index is 8.87. The van der Waals surface area contributed by atoms with E-state index in [-0.39, 0.29) is 5.57 Å². The summed E-state index contributed by atoms with van der Waals surface area (Å²) in [6, 6.07) is 0. The number of hydrogen-bond acceptors (Lipinski definition) is 3. The zero-order valence-corrected chi connectivity index (χ0v) is 5.76. The Morgan fingerprint density at radius 3 is 1.50 bits per heavy atom. The lowest BCUT2D eigenvalue weighted by atomic mass is 10.2. The molecule has 0 radical (unpaired) electrons. The highest BCUT2D eigenvalue weighted by atomic mass is 16.3. The van der Waals surface area contributed by atoms with Crippen molar-refractivity contribution in [3.05, 3.63) is 36.0 Å². The van der Waals surface area contributed by atoms with Crippen LogP contribution in [-0.4, -0.2) is 15.3 Å². The van der Waals surface area contributed by atoms with E-state index in [1.54, 1.807) is 0 Å². The molecular formula is C7H10O3. The van der Waals surface area contributed by atoms with Gasteiger partial charge in [0.15, 0.2) is 17.3 Å². The van der Waals surface area contributed by atoms with Gasteiger partial charge in [-0.15, -0.1) is 0 Å². The first kappa shape index (κ1) is 8.62. The molecular weight excluding hydrogens is 132 g/mol. The molecule has 10 heavy (non-hydrogen) atoms. The zero-order valence-electron chi connectivity index (χ0n) is 5.76. The third-order valence-corrected chi connectivity index (χ3v) is 0.902. The third kappa shape index (κ3) is 1.85. The van der Waals surface area contributed by atoms with Crippen LogP contribution in [-0.2, 0) is 0 Å². The largest absolute Gasteiger partial charge is 0.505 e. The van der Waals surface area contributed by atoms with E-state index >= 15 is 0 Å². The summed E-state index contributed by atoms with van der Waals surface area (Å²) in [5, 5.41) is 26.2. The predicted octanol–water partition coefficient (Wildman–Crippen LogP) is 1.96. The molecule has 0 saturated heterocycles. The van der Waals surface area contributed by atoms with Crippen LogP contribution in [0, 0.1) is 0 Å². The van der Waals surface area contributed by atoms with E-state index in [9.17, 15) is 0 Å². The van der Waals surface area contributed by atoms with Gasteiger partial charge in [-0.25, -0.2) is 0 Å². The van der Waals surface area contributed by atoms with Crippen molar-refractivity contribution >= 4 is 0 Å². The maximum Gasteiger partial charge on any atom is 0.199 e. The molecule has 0 amide bonds. The fraction of sp³-hybridized carbons (Fsp3) is 0.143. The molecule has 0 saturated carbocycles. The molecule has 0 aromatic carbocycles. The Kier molecular flexibility index (Phi) is 2.55. The van der Waals surface area contributed by atoms with E-state index < -0.39 is 17.3 Å². The Morgan fingerprint density at radius 2 is 1.40 bits per heavy atom. The Balaban J connectivity index is 4.67. The number of aliphatic hydroxyl groups is 3. The van der Waals surface area contributed by atoms with E-state index in [1.807, 2.05) is 0 Å². The second-order valence-corrected chi connectivity index (χ2v) is 1.92. The van der Waals surface area contributed by atoms with Crippen LogP contribution in [0.2, 0.25) is 0 Å². The highest BCUT2D eigenvalue weighted by Gasteiger charge is 2.05. The fourth-order valence-corrected chi connectivity index (χ4v) is 0.339. The highest BCUT2D eigenvalue weighted by Crippen LogP contribution is 2.11. The van der Waals surface area contributed by atoms with Crippen molar-refractivity contribution in [3.8, 4) is 0 Å². The molecule has 0 aliphatic heterocycles. The molecule has 0 aliphatic carbocycles. The number of rotatable bonds is 2. The molecule has 0 spiro atoms. The van der Waals surface area contributed by atoms with Crippen molar-refractivity contribution in [2.75, 3.05) is 0 Å². The second-order valence-electron chi connectivity index (χ2n) is 1.92. The molecule has 0 aromatic heterocycles. The summed E-state index contributed by atoms with van der Waals surface area (Å²) in [5.41, 5.74) is 0.271. The van der Waals surface area contributed by atoms with Crippen molar-refractivity contribution < 1.29 is 15.3 Å². The van der Waals surface area contributed by atoms with Gasteiger partial charge in [-0.1, -0.05) is 13.2 Å². The Hall–Kier alpha value is -1.38. The average Bonchev–Trinajstić information content (AvgIpc) is 1.84. The molecule has 0 heterocycles. The molecule has 0 fully saturated rings. The van der Waals surface area contributed by atoms with Crippen LogP contribution < -0.4 is 0 Å². The van der Waals surface area contributed by atoms with Crippen LogP contribution in [0.4, 0.5) is 0 Å². The van der Waals surface area contributed by atoms with Gasteiger partial charge in [-0.2, -0.15) is 0 Å². The monoisotopic (exact) mass is 142 g/mol. The SMILES string of the molecule is C=C(C)/C(O)=C(/O)C(=C)O. The molecule has 0 aliphatic rings. The van der Waals surface area contributed by atoms with E-state index in [1.165, 1.54) is 6.92 Å². The molecule has 56 valence electrons. The Morgan fingerprint density at radius 1 is 1.00 bits per heavy atom. The van der Waals surface area contributed by atoms with Gasteiger partial charge >= 0.3 is 0 Å². The standard InChI is InChI=1S/C7H10O3/c1-4(2)6(9)7(10)5(3)8/h8-10H,1,3H2,2H3/b7-6-. The Bertz CT molecular complexity index is 179. The quantitative estimate of drug-likeness (QED) is 0.408. The summed E-state index contributed by atoms with van der Waals surface area (Å²) in [6.45, 7) is 7.84. The molecule has 3 nitrogen and oxygen atoms in total. The van der Waals surface area contributed by atoms with E-state index in [2.05, 4.69) is 13.2 Å². The minimum absolute atomic E-state index is 0.271. The number of aliphatic hydroxyl groups excluding tert-OH is 3. The molecule has 3 heteroatoms.